The number of benzene rings is 1. The van der Waals surface area contributed by atoms with Gasteiger partial charge >= 0.3 is 11.9 Å². The zero-order valence-corrected chi connectivity index (χ0v) is 21.0. The molecule has 192 valence electrons. The van der Waals surface area contributed by atoms with E-state index >= 15 is 0 Å². The average molecular weight is 498 g/mol. The van der Waals surface area contributed by atoms with Crippen molar-refractivity contribution >= 4 is 11.9 Å². The zero-order valence-electron chi connectivity index (χ0n) is 21.0. The molecule has 5 aliphatic rings. The molecule has 0 unspecified atom stereocenters. The summed E-state index contributed by atoms with van der Waals surface area (Å²) in [5, 5.41) is 0. The van der Waals surface area contributed by atoms with Gasteiger partial charge in [0.05, 0.1) is 48.9 Å². The molecule has 1 aromatic carbocycles. The van der Waals surface area contributed by atoms with Gasteiger partial charge in [-0.15, -0.1) is 0 Å². The number of pyridine rings is 1. The lowest BCUT2D eigenvalue weighted by molar-refractivity contribution is -0.311. The van der Waals surface area contributed by atoms with Crippen LogP contribution in [0.4, 0.5) is 0 Å². The topological polar surface area (TPSA) is 102 Å². The highest BCUT2D eigenvalue weighted by atomic mass is 16.7. The van der Waals surface area contributed by atoms with Gasteiger partial charge in [-0.2, -0.15) is 0 Å². The first kappa shape index (κ1) is 24.8. The number of rotatable bonds is 0. The van der Waals surface area contributed by atoms with Crippen molar-refractivity contribution in [2.24, 2.45) is 10.8 Å². The van der Waals surface area contributed by atoms with E-state index in [1.807, 2.05) is 45.9 Å². The number of carbonyl (C=O) groups excluding carboxylic acids is 2. The van der Waals surface area contributed by atoms with Gasteiger partial charge in [-0.25, -0.2) is 14.6 Å². The van der Waals surface area contributed by atoms with E-state index in [1.54, 1.807) is 18.2 Å². The number of hydrogen-bond acceptors (Lipinski definition) is 9. The summed E-state index contributed by atoms with van der Waals surface area (Å²) >= 11 is 0. The Morgan fingerprint density at radius 2 is 1.00 bits per heavy atom. The van der Waals surface area contributed by atoms with Crippen molar-refractivity contribution in [3.8, 4) is 0 Å². The Labute approximate surface area is 210 Å². The van der Waals surface area contributed by atoms with Crippen LogP contribution >= 0.6 is 0 Å². The number of fused-ring (bicyclic) bond motifs is 2. The van der Waals surface area contributed by atoms with Gasteiger partial charge in [-0.05, 0) is 44.2 Å². The van der Waals surface area contributed by atoms with Gasteiger partial charge in [0.1, 0.15) is 13.2 Å². The molecule has 0 amide bonds. The van der Waals surface area contributed by atoms with Gasteiger partial charge in [0, 0.05) is 10.8 Å². The van der Waals surface area contributed by atoms with Crippen molar-refractivity contribution in [2.75, 3.05) is 39.6 Å². The molecule has 36 heavy (non-hydrogen) atoms. The van der Waals surface area contributed by atoms with Crippen molar-refractivity contribution in [2.45, 2.75) is 39.3 Å². The van der Waals surface area contributed by atoms with Crippen molar-refractivity contribution in [3.63, 3.8) is 0 Å². The third-order valence-electron chi connectivity index (χ3n) is 6.90. The first-order chi connectivity index (χ1) is 17.0. The second kappa shape index (κ2) is 8.92. The van der Waals surface area contributed by atoms with E-state index in [-0.39, 0.29) is 50.8 Å². The van der Waals surface area contributed by atoms with Crippen molar-refractivity contribution < 1.29 is 38.0 Å². The Kier molecular flexibility index (Phi) is 6.15. The van der Waals surface area contributed by atoms with Gasteiger partial charge in [0.25, 0.3) is 0 Å². The maximum absolute atomic E-state index is 12.7. The number of aromatic nitrogens is 1. The Hall–Kier alpha value is -2.85. The molecule has 5 aliphatic heterocycles. The molecule has 1 aromatic heterocycles. The summed E-state index contributed by atoms with van der Waals surface area (Å²) in [6, 6.07) is 11.8. The fourth-order valence-electron chi connectivity index (χ4n) is 4.24. The Balaban J connectivity index is 1.47. The minimum absolute atomic E-state index is 0.0855. The van der Waals surface area contributed by atoms with Gasteiger partial charge in [-0.1, -0.05) is 26.0 Å². The van der Waals surface area contributed by atoms with E-state index in [2.05, 4.69) is 0 Å². The minimum atomic E-state index is -1.08. The number of carbonyl (C=O) groups is 2. The fraction of sp³-hybridized carbons (Fsp3) is 0.519. The van der Waals surface area contributed by atoms with E-state index in [1.165, 1.54) is 6.07 Å². The van der Waals surface area contributed by atoms with Crippen LogP contribution in [0.1, 0.15) is 59.8 Å². The van der Waals surface area contributed by atoms with E-state index in [4.69, 9.17) is 33.4 Å². The molecule has 2 saturated heterocycles. The standard InChI is InChI=1S/C27H31NO8/c1-24-12-31-22(29)18-7-5-8-19(11-18)23(30)32-13-25(2)16-35-27(4,36-17-25)21-10-6-9-20(28-21)26(3,33-14-24)34-15-24/h5-11H,12-17H2,1-4H3. The smallest absolute Gasteiger partial charge is 0.338 e. The number of nitrogens with zero attached hydrogens (tertiary/aromatic N) is 1. The molecule has 8 bridgehead atoms. The van der Waals surface area contributed by atoms with Crippen molar-refractivity contribution in [1.82, 2.24) is 4.98 Å². The van der Waals surface area contributed by atoms with Gasteiger partial charge in [-0.3, -0.25) is 0 Å². The summed E-state index contributed by atoms with van der Waals surface area (Å²) in [5.41, 5.74) is 0.572. The summed E-state index contributed by atoms with van der Waals surface area (Å²) in [7, 11) is 0. The van der Waals surface area contributed by atoms with Crippen LogP contribution in [0.2, 0.25) is 0 Å². The molecular formula is C27H31NO8. The summed E-state index contributed by atoms with van der Waals surface area (Å²) in [4.78, 5) is 30.3. The summed E-state index contributed by atoms with van der Waals surface area (Å²) in [6.07, 6.45) is 0. The second-order valence-electron chi connectivity index (χ2n) is 10.8. The molecule has 2 fully saturated rings. The van der Waals surface area contributed by atoms with Gasteiger partial charge < -0.3 is 28.4 Å². The van der Waals surface area contributed by atoms with Crippen LogP contribution < -0.4 is 0 Å². The summed E-state index contributed by atoms with van der Waals surface area (Å²) < 4.78 is 35.8. The lowest BCUT2D eigenvalue weighted by Gasteiger charge is -2.44. The molecule has 7 rings (SSSR count). The number of esters is 2. The van der Waals surface area contributed by atoms with Gasteiger partial charge in [0.2, 0.25) is 11.6 Å². The third-order valence-corrected chi connectivity index (χ3v) is 6.90. The van der Waals surface area contributed by atoms with Crippen LogP contribution in [0.3, 0.4) is 0 Å². The van der Waals surface area contributed by atoms with E-state index in [0.717, 1.165) is 0 Å². The van der Waals surface area contributed by atoms with Crippen LogP contribution in [-0.2, 0) is 40.0 Å². The lowest BCUT2D eigenvalue weighted by atomic mass is 9.92. The van der Waals surface area contributed by atoms with Crippen LogP contribution in [-0.4, -0.2) is 56.6 Å². The molecule has 0 spiro atoms. The second-order valence-corrected chi connectivity index (χ2v) is 10.8. The fourth-order valence-corrected chi connectivity index (χ4v) is 4.24. The maximum Gasteiger partial charge on any atom is 0.338 e. The normalized spacial score (nSPS) is 35.1. The highest BCUT2D eigenvalue weighted by Crippen LogP contribution is 2.39. The van der Waals surface area contributed by atoms with E-state index in [9.17, 15) is 9.59 Å². The maximum atomic E-state index is 12.7. The molecule has 0 atom stereocenters. The third kappa shape index (κ3) is 4.76. The molecular weight excluding hydrogens is 466 g/mol. The molecule has 0 saturated carbocycles. The monoisotopic (exact) mass is 497 g/mol. The first-order valence-electron chi connectivity index (χ1n) is 12.0. The molecule has 9 heteroatoms. The predicted molar refractivity (Wildman–Crippen MR) is 126 cm³/mol. The molecule has 2 aromatic rings. The van der Waals surface area contributed by atoms with Crippen LogP contribution in [0, 0.1) is 10.8 Å². The largest absolute Gasteiger partial charge is 0.461 e. The van der Waals surface area contributed by atoms with Crippen LogP contribution in [0.5, 0.6) is 0 Å². The predicted octanol–water partition coefficient (Wildman–Crippen LogP) is 3.56. The summed E-state index contributed by atoms with van der Waals surface area (Å²) in [6.45, 7) is 8.81. The number of ether oxygens (including phenoxy) is 6. The van der Waals surface area contributed by atoms with Crippen molar-refractivity contribution in [3.05, 3.63) is 65.0 Å². The zero-order chi connectivity index (χ0) is 25.6. The average Bonchev–Trinajstić information content (AvgIpc) is 2.90. The van der Waals surface area contributed by atoms with E-state index < -0.39 is 34.3 Å². The number of hydrogen-bond donors (Lipinski definition) is 0. The van der Waals surface area contributed by atoms with Crippen LogP contribution in [0.15, 0.2) is 42.5 Å². The highest BCUT2D eigenvalue weighted by molar-refractivity contribution is 5.95. The van der Waals surface area contributed by atoms with Crippen molar-refractivity contribution in [1.29, 1.82) is 0 Å². The Morgan fingerprint density at radius 3 is 1.42 bits per heavy atom. The SMILES string of the molecule is CC12COC(=O)c3cccc(c3)C(=O)OCC3(C)COC(C)(OC3)c3cccc(n3)C(C)(OC1)OC2. The molecule has 9 nitrogen and oxygen atoms in total. The summed E-state index contributed by atoms with van der Waals surface area (Å²) in [5.74, 6) is -3.24. The Morgan fingerprint density at radius 1 is 0.611 bits per heavy atom. The molecule has 0 aliphatic carbocycles. The molecule has 0 N–H and O–H groups in total. The van der Waals surface area contributed by atoms with Gasteiger partial charge in [0.15, 0.2) is 0 Å². The first-order valence-corrected chi connectivity index (χ1v) is 12.0. The Bertz CT molecular complexity index is 1080. The van der Waals surface area contributed by atoms with E-state index in [0.29, 0.717) is 11.4 Å². The van der Waals surface area contributed by atoms with Crippen LogP contribution in [0.25, 0.3) is 0 Å². The molecule has 6 heterocycles. The minimum Gasteiger partial charge on any atom is -0.461 e. The highest BCUT2D eigenvalue weighted by Gasteiger charge is 2.45. The lowest BCUT2D eigenvalue weighted by Crippen LogP contribution is -2.49. The molecule has 0 radical (unpaired) electrons. The quantitative estimate of drug-likeness (QED) is 0.506.